The molecule has 4 heteroatoms. The second-order valence-corrected chi connectivity index (χ2v) is 1.69. The van der Waals surface area contributed by atoms with Gasteiger partial charge < -0.3 is 9.94 Å². The standard InChI is InChI=1S/C6H8N2O2/c1-2-10-6-5-8(9)4-3-7-6/h3-5H,2H2,1H3. The van der Waals surface area contributed by atoms with Crippen LogP contribution < -0.4 is 9.47 Å². The second kappa shape index (κ2) is 3.00. The van der Waals surface area contributed by atoms with E-state index in [-0.39, 0.29) is 0 Å². The van der Waals surface area contributed by atoms with Crippen molar-refractivity contribution >= 4 is 0 Å². The summed E-state index contributed by atoms with van der Waals surface area (Å²) in [4.78, 5) is 3.79. The van der Waals surface area contributed by atoms with E-state index in [0.717, 1.165) is 0 Å². The lowest BCUT2D eigenvalue weighted by molar-refractivity contribution is -0.606. The van der Waals surface area contributed by atoms with E-state index < -0.39 is 0 Å². The Bertz CT molecular complexity index is 215. The zero-order valence-corrected chi connectivity index (χ0v) is 5.65. The van der Waals surface area contributed by atoms with Gasteiger partial charge in [-0.2, -0.15) is 4.73 Å². The minimum atomic E-state index is 0.361. The van der Waals surface area contributed by atoms with Crippen LogP contribution in [0.25, 0.3) is 0 Å². The molecule has 0 N–H and O–H groups in total. The number of ether oxygens (including phenoxy) is 1. The normalized spacial score (nSPS) is 9.30. The number of hydrogen-bond donors (Lipinski definition) is 0. The Labute approximate surface area is 58.7 Å². The molecule has 0 bridgehead atoms. The largest absolute Gasteiger partial charge is 0.619 e. The van der Waals surface area contributed by atoms with Gasteiger partial charge in [0.1, 0.15) is 0 Å². The van der Waals surface area contributed by atoms with Gasteiger partial charge in [-0.3, -0.25) is 0 Å². The third kappa shape index (κ3) is 1.58. The van der Waals surface area contributed by atoms with Crippen LogP contribution >= 0.6 is 0 Å². The highest BCUT2D eigenvalue weighted by molar-refractivity contribution is 4.96. The molecule has 10 heavy (non-hydrogen) atoms. The monoisotopic (exact) mass is 140 g/mol. The summed E-state index contributed by atoms with van der Waals surface area (Å²) in [5.41, 5.74) is 0. The molecule has 0 spiro atoms. The Hall–Kier alpha value is -1.32. The summed E-state index contributed by atoms with van der Waals surface area (Å²) in [5.74, 6) is 0.361. The van der Waals surface area contributed by atoms with Gasteiger partial charge in [0.05, 0.1) is 12.8 Å². The molecule has 0 aliphatic carbocycles. The van der Waals surface area contributed by atoms with Crippen LogP contribution in [0.15, 0.2) is 18.6 Å². The van der Waals surface area contributed by atoms with E-state index in [1.807, 2.05) is 6.92 Å². The van der Waals surface area contributed by atoms with Crippen LogP contribution in [0.4, 0.5) is 0 Å². The fourth-order valence-corrected chi connectivity index (χ4v) is 0.580. The molecule has 0 fully saturated rings. The fraction of sp³-hybridized carbons (Fsp3) is 0.333. The van der Waals surface area contributed by atoms with E-state index in [9.17, 15) is 5.21 Å². The number of nitrogens with zero attached hydrogens (tertiary/aromatic N) is 2. The van der Waals surface area contributed by atoms with Crippen LogP contribution in [-0.4, -0.2) is 11.6 Å². The zero-order chi connectivity index (χ0) is 7.40. The first kappa shape index (κ1) is 6.80. The van der Waals surface area contributed by atoms with Gasteiger partial charge in [-0.05, 0) is 6.92 Å². The van der Waals surface area contributed by atoms with Crippen molar-refractivity contribution < 1.29 is 9.47 Å². The summed E-state index contributed by atoms with van der Waals surface area (Å²) in [5, 5.41) is 10.6. The molecule has 54 valence electrons. The highest BCUT2D eigenvalue weighted by Crippen LogP contribution is 1.97. The van der Waals surface area contributed by atoms with Crippen LogP contribution in [0.1, 0.15) is 6.92 Å². The molecule has 4 nitrogen and oxygen atoms in total. The molecule has 0 aliphatic rings. The number of rotatable bonds is 2. The van der Waals surface area contributed by atoms with Gasteiger partial charge in [0.2, 0.25) is 6.20 Å². The first-order valence-electron chi connectivity index (χ1n) is 3.00. The Morgan fingerprint density at radius 1 is 1.80 bits per heavy atom. The van der Waals surface area contributed by atoms with Crippen molar-refractivity contribution in [2.75, 3.05) is 6.61 Å². The summed E-state index contributed by atoms with van der Waals surface area (Å²) in [6, 6.07) is 0. The van der Waals surface area contributed by atoms with E-state index in [1.54, 1.807) is 0 Å². The number of hydrogen-bond acceptors (Lipinski definition) is 3. The van der Waals surface area contributed by atoms with Gasteiger partial charge in [0.25, 0.3) is 5.88 Å². The Balaban J connectivity index is 2.75. The molecule has 1 aromatic rings. The fourth-order valence-electron chi connectivity index (χ4n) is 0.580. The Morgan fingerprint density at radius 2 is 2.60 bits per heavy atom. The summed E-state index contributed by atoms with van der Waals surface area (Å²) < 4.78 is 5.61. The quantitative estimate of drug-likeness (QED) is 0.433. The summed E-state index contributed by atoms with van der Waals surface area (Å²) in [6.07, 6.45) is 3.99. The van der Waals surface area contributed by atoms with Gasteiger partial charge in [0.15, 0.2) is 6.20 Å². The predicted molar refractivity (Wildman–Crippen MR) is 34.4 cm³/mol. The molecule has 1 rings (SSSR count). The van der Waals surface area contributed by atoms with Gasteiger partial charge in [0, 0.05) is 0 Å². The summed E-state index contributed by atoms with van der Waals surface area (Å²) >= 11 is 0. The van der Waals surface area contributed by atoms with E-state index in [0.29, 0.717) is 17.2 Å². The molecular formula is C6H8N2O2. The van der Waals surface area contributed by atoms with Crippen molar-refractivity contribution in [3.63, 3.8) is 0 Å². The summed E-state index contributed by atoms with van der Waals surface area (Å²) in [7, 11) is 0. The molecule has 0 saturated heterocycles. The molecule has 0 aliphatic heterocycles. The van der Waals surface area contributed by atoms with Gasteiger partial charge in [-0.1, -0.05) is 0 Å². The van der Waals surface area contributed by atoms with E-state index in [1.165, 1.54) is 18.6 Å². The van der Waals surface area contributed by atoms with Crippen molar-refractivity contribution in [2.45, 2.75) is 6.92 Å². The van der Waals surface area contributed by atoms with Crippen molar-refractivity contribution in [3.05, 3.63) is 23.8 Å². The van der Waals surface area contributed by atoms with Crippen LogP contribution in [0.5, 0.6) is 5.88 Å². The first-order chi connectivity index (χ1) is 4.83. The molecule has 0 aromatic carbocycles. The number of aromatic nitrogens is 2. The Kier molecular flexibility index (Phi) is 2.04. The maximum Gasteiger partial charge on any atom is 0.281 e. The lowest BCUT2D eigenvalue weighted by atomic mass is 10.7. The van der Waals surface area contributed by atoms with Gasteiger partial charge in [-0.15, -0.1) is 0 Å². The molecular weight excluding hydrogens is 132 g/mol. The van der Waals surface area contributed by atoms with E-state index >= 15 is 0 Å². The first-order valence-corrected chi connectivity index (χ1v) is 3.00. The second-order valence-electron chi connectivity index (χ2n) is 1.69. The van der Waals surface area contributed by atoms with Gasteiger partial charge in [-0.25, -0.2) is 4.98 Å². The van der Waals surface area contributed by atoms with Crippen LogP contribution in [-0.2, 0) is 0 Å². The third-order valence-electron chi connectivity index (χ3n) is 0.945. The van der Waals surface area contributed by atoms with E-state index in [2.05, 4.69) is 4.98 Å². The van der Waals surface area contributed by atoms with Crippen LogP contribution in [0.3, 0.4) is 0 Å². The lowest BCUT2D eigenvalue weighted by Crippen LogP contribution is -2.24. The van der Waals surface area contributed by atoms with Crippen molar-refractivity contribution in [3.8, 4) is 5.88 Å². The zero-order valence-electron chi connectivity index (χ0n) is 5.65. The van der Waals surface area contributed by atoms with Crippen molar-refractivity contribution in [1.29, 1.82) is 0 Å². The molecule has 1 heterocycles. The molecule has 0 unspecified atom stereocenters. The Morgan fingerprint density at radius 3 is 3.20 bits per heavy atom. The van der Waals surface area contributed by atoms with Crippen molar-refractivity contribution in [1.82, 2.24) is 4.98 Å². The average Bonchev–Trinajstić information content (AvgIpc) is 1.88. The molecule has 0 radical (unpaired) electrons. The third-order valence-corrected chi connectivity index (χ3v) is 0.945. The molecule has 0 saturated carbocycles. The molecule has 1 aromatic heterocycles. The van der Waals surface area contributed by atoms with Crippen LogP contribution in [0.2, 0.25) is 0 Å². The highest BCUT2D eigenvalue weighted by Gasteiger charge is 1.95. The predicted octanol–water partition coefficient (Wildman–Crippen LogP) is 0.114. The SMILES string of the molecule is CCOc1c[n+]([O-])ccn1. The van der Waals surface area contributed by atoms with Crippen molar-refractivity contribution in [2.24, 2.45) is 0 Å². The highest BCUT2D eigenvalue weighted by atomic mass is 16.5. The topological polar surface area (TPSA) is 49.1 Å². The molecule has 0 amide bonds. The minimum absolute atomic E-state index is 0.361. The average molecular weight is 140 g/mol. The minimum Gasteiger partial charge on any atom is -0.619 e. The summed E-state index contributed by atoms with van der Waals surface area (Å²) in [6.45, 7) is 2.36. The maximum absolute atomic E-state index is 10.6. The van der Waals surface area contributed by atoms with Gasteiger partial charge >= 0.3 is 0 Å². The van der Waals surface area contributed by atoms with E-state index in [4.69, 9.17) is 4.74 Å². The lowest BCUT2D eigenvalue weighted by Gasteiger charge is -1.99. The maximum atomic E-state index is 10.6. The van der Waals surface area contributed by atoms with Crippen LogP contribution in [0, 0.1) is 5.21 Å². The smallest absolute Gasteiger partial charge is 0.281 e. The molecule has 0 atom stereocenters.